The summed E-state index contributed by atoms with van der Waals surface area (Å²) in [5.74, 6) is 0.254. The van der Waals surface area contributed by atoms with E-state index in [4.69, 9.17) is 4.52 Å². The molecule has 0 aromatic heterocycles. The van der Waals surface area contributed by atoms with Crippen molar-refractivity contribution < 1.29 is 19.1 Å². The minimum absolute atomic E-state index is 0.206. The van der Waals surface area contributed by atoms with Crippen LogP contribution >= 0.6 is 7.60 Å². The molecule has 4 nitrogen and oxygen atoms in total. The van der Waals surface area contributed by atoms with Crippen LogP contribution in [0.15, 0.2) is 0 Å². The van der Waals surface area contributed by atoms with Crippen LogP contribution in [-0.2, 0) is 9.09 Å². The summed E-state index contributed by atoms with van der Waals surface area (Å²) in [5, 5.41) is 8.97. The van der Waals surface area contributed by atoms with E-state index < -0.39 is 12.9 Å². The summed E-state index contributed by atoms with van der Waals surface area (Å²) in [6.07, 6.45) is 7.74. The van der Waals surface area contributed by atoms with Crippen molar-refractivity contribution in [2.45, 2.75) is 97.2 Å². The van der Waals surface area contributed by atoms with Crippen molar-refractivity contribution >= 4 is 7.60 Å². The molecule has 0 heterocycles. The van der Waals surface area contributed by atoms with Gasteiger partial charge in [-0.15, -0.1) is 0 Å². The van der Waals surface area contributed by atoms with Crippen molar-refractivity contribution in [1.29, 1.82) is 0 Å². The van der Waals surface area contributed by atoms with E-state index in [-0.39, 0.29) is 25.4 Å². The van der Waals surface area contributed by atoms with E-state index in [1.807, 2.05) is 13.8 Å². The first-order chi connectivity index (χ1) is 10.4. The number of aliphatic hydroxyl groups is 1. The lowest BCUT2D eigenvalue weighted by atomic mass is 10.0. The predicted molar refractivity (Wildman–Crippen MR) is 90.9 cm³/mol. The van der Waals surface area contributed by atoms with Crippen molar-refractivity contribution in [2.24, 2.45) is 5.92 Å². The fraction of sp³-hybridized carbons (Fsp3) is 1.00. The molecule has 134 valence electrons. The first-order valence-corrected chi connectivity index (χ1v) is 10.6. The van der Waals surface area contributed by atoms with Crippen molar-refractivity contribution in [2.75, 3.05) is 6.61 Å². The normalized spacial score (nSPS) is 16.5. The highest BCUT2D eigenvalue weighted by Gasteiger charge is 2.38. The van der Waals surface area contributed by atoms with Gasteiger partial charge in [-0.05, 0) is 25.2 Å². The van der Waals surface area contributed by atoms with Crippen LogP contribution in [-0.4, -0.2) is 17.1 Å². The van der Waals surface area contributed by atoms with Crippen LogP contribution in [0.5, 0.6) is 0 Å². The molecule has 2 unspecified atom stereocenters. The van der Waals surface area contributed by atoms with Gasteiger partial charge in [-0.25, -0.2) is 0 Å². The monoisotopic (exact) mass is 335 g/mol. The molecular formula is C17H36O4P-. The quantitative estimate of drug-likeness (QED) is 0.461. The summed E-state index contributed by atoms with van der Waals surface area (Å²) in [6.45, 7) is 8.38. The van der Waals surface area contributed by atoms with Gasteiger partial charge in [0.2, 0.25) is 0 Å². The maximum absolute atomic E-state index is 12.5. The SMILES string of the molecule is CCCCC(CC)COP(=O)([O-])C(O)(CCCC)CCCC. The molecule has 0 saturated carbocycles. The molecule has 0 radical (unpaired) electrons. The van der Waals surface area contributed by atoms with E-state index in [1.165, 1.54) is 0 Å². The molecule has 0 aliphatic heterocycles. The highest BCUT2D eigenvalue weighted by Crippen LogP contribution is 2.55. The lowest BCUT2D eigenvalue weighted by Gasteiger charge is -2.40. The summed E-state index contributed by atoms with van der Waals surface area (Å²) in [6, 6.07) is 0. The van der Waals surface area contributed by atoms with Crippen molar-refractivity contribution in [3.63, 3.8) is 0 Å². The second kappa shape index (κ2) is 11.6. The molecular weight excluding hydrogens is 299 g/mol. The van der Waals surface area contributed by atoms with E-state index in [1.54, 1.807) is 0 Å². The van der Waals surface area contributed by atoms with Gasteiger partial charge in [-0.3, -0.25) is 0 Å². The molecule has 0 spiro atoms. The van der Waals surface area contributed by atoms with Gasteiger partial charge in [0.1, 0.15) is 5.34 Å². The van der Waals surface area contributed by atoms with Gasteiger partial charge in [0.05, 0.1) is 6.61 Å². The van der Waals surface area contributed by atoms with Crippen LogP contribution in [0.25, 0.3) is 0 Å². The van der Waals surface area contributed by atoms with Gasteiger partial charge in [0.15, 0.2) is 7.60 Å². The first-order valence-electron chi connectivity index (χ1n) is 9.04. The Morgan fingerprint density at radius 3 is 1.95 bits per heavy atom. The van der Waals surface area contributed by atoms with E-state index in [0.717, 1.165) is 38.5 Å². The Kier molecular flexibility index (Phi) is 11.7. The summed E-state index contributed by atoms with van der Waals surface area (Å²) < 4.78 is 17.8. The van der Waals surface area contributed by atoms with Gasteiger partial charge in [0.25, 0.3) is 0 Å². The Morgan fingerprint density at radius 2 is 1.55 bits per heavy atom. The fourth-order valence-electron chi connectivity index (χ4n) is 2.54. The molecule has 0 aromatic rings. The Balaban J connectivity index is 4.75. The van der Waals surface area contributed by atoms with Gasteiger partial charge < -0.3 is 19.1 Å². The van der Waals surface area contributed by atoms with Gasteiger partial charge >= 0.3 is 0 Å². The third-order valence-corrected chi connectivity index (χ3v) is 6.35. The first kappa shape index (κ1) is 22.1. The number of hydrogen-bond acceptors (Lipinski definition) is 4. The number of rotatable bonds is 14. The molecule has 22 heavy (non-hydrogen) atoms. The third-order valence-electron chi connectivity index (χ3n) is 4.39. The van der Waals surface area contributed by atoms with Crippen LogP contribution in [0.1, 0.15) is 91.9 Å². The lowest BCUT2D eigenvalue weighted by molar-refractivity contribution is -0.218. The van der Waals surface area contributed by atoms with Crippen LogP contribution < -0.4 is 4.89 Å². The Bertz CT molecular complexity index is 312. The zero-order valence-electron chi connectivity index (χ0n) is 15.0. The zero-order valence-corrected chi connectivity index (χ0v) is 15.9. The predicted octanol–water partition coefficient (Wildman–Crippen LogP) is 4.84. The van der Waals surface area contributed by atoms with Crippen molar-refractivity contribution in [1.82, 2.24) is 0 Å². The van der Waals surface area contributed by atoms with Gasteiger partial charge in [-0.1, -0.05) is 72.6 Å². The van der Waals surface area contributed by atoms with E-state index >= 15 is 0 Å². The smallest absolute Gasteiger partial charge is 0.166 e. The minimum atomic E-state index is -4.27. The molecule has 0 rings (SSSR count). The van der Waals surface area contributed by atoms with Crippen molar-refractivity contribution in [3.8, 4) is 0 Å². The summed E-state index contributed by atoms with van der Waals surface area (Å²) in [4.78, 5) is 12.5. The Morgan fingerprint density at radius 1 is 1.05 bits per heavy atom. The van der Waals surface area contributed by atoms with Crippen molar-refractivity contribution in [3.05, 3.63) is 0 Å². The summed E-state index contributed by atoms with van der Waals surface area (Å²) in [7, 11) is -4.27. The Hall–Kier alpha value is 0.110. The maximum atomic E-state index is 12.5. The fourth-order valence-corrected chi connectivity index (χ4v) is 4.05. The summed E-state index contributed by atoms with van der Waals surface area (Å²) >= 11 is 0. The highest BCUT2D eigenvalue weighted by molar-refractivity contribution is 7.52. The van der Waals surface area contributed by atoms with E-state index in [9.17, 15) is 14.6 Å². The number of unbranched alkanes of at least 4 members (excludes halogenated alkanes) is 3. The molecule has 0 aliphatic rings. The maximum Gasteiger partial charge on any atom is 0.166 e. The molecule has 0 fully saturated rings. The third kappa shape index (κ3) is 7.59. The van der Waals surface area contributed by atoms with Gasteiger partial charge in [-0.2, -0.15) is 0 Å². The summed E-state index contributed by atoms with van der Waals surface area (Å²) in [5.41, 5.74) is 0. The topological polar surface area (TPSA) is 69.6 Å². The average molecular weight is 335 g/mol. The van der Waals surface area contributed by atoms with Crippen LogP contribution in [0.4, 0.5) is 0 Å². The Labute approximate surface area is 137 Å². The van der Waals surface area contributed by atoms with E-state index in [0.29, 0.717) is 12.8 Å². The highest BCUT2D eigenvalue weighted by atomic mass is 31.2. The van der Waals surface area contributed by atoms with E-state index in [2.05, 4.69) is 13.8 Å². The average Bonchev–Trinajstić information content (AvgIpc) is 2.50. The van der Waals surface area contributed by atoms with Crippen LogP contribution in [0.3, 0.4) is 0 Å². The molecule has 0 aromatic carbocycles. The molecule has 5 heteroatoms. The standard InChI is InChI=1S/C17H37O4P/c1-5-9-12-16(8-4)15-21-22(19,20)17(18,13-10-6-2)14-11-7-3/h16,18H,5-15H2,1-4H3,(H,19,20)/p-1. The minimum Gasteiger partial charge on any atom is -0.776 e. The zero-order chi connectivity index (χ0) is 17.1. The largest absolute Gasteiger partial charge is 0.776 e. The molecule has 0 saturated heterocycles. The van der Waals surface area contributed by atoms with Crippen LogP contribution in [0, 0.1) is 5.92 Å². The molecule has 2 atom stereocenters. The van der Waals surface area contributed by atoms with Gasteiger partial charge in [0, 0.05) is 0 Å². The molecule has 0 bridgehead atoms. The lowest BCUT2D eigenvalue weighted by Crippen LogP contribution is -2.35. The number of hydrogen-bond donors (Lipinski definition) is 1. The van der Waals surface area contributed by atoms with Crippen LogP contribution in [0.2, 0.25) is 0 Å². The second-order valence-electron chi connectivity index (χ2n) is 6.40. The molecule has 1 N–H and O–H groups in total. The molecule has 0 aliphatic carbocycles. The molecule has 0 amide bonds. The second-order valence-corrected chi connectivity index (χ2v) is 8.48.